The summed E-state index contributed by atoms with van der Waals surface area (Å²) in [4.78, 5) is 36.1. The van der Waals surface area contributed by atoms with Crippen LogP contribution >= 0.6 is 0 Å². The average Bonchev–Trinajstić information content (AvgIpc) is 2.78. The molecular formula is C26H30O7. The standard InChI is InChI=1S/C26H30O7/c1-4-5-6-7-8-9-12-31-23-15-19(16(2)32-17(3)27)14-21-24(28)20-13-18(26(29)30)10-11-22(20)33-25(21)23/h10-11,13-16H,4-9,12H2,1-3H3,(H,29,30). The van der Waals surface area contributed by atoms with Gasteiger partial charge in [0.15, 0.2) is 11.3 Å². The first kappa shape index (κ1) is 24.3. The number of carbonyl (C=O) groups is 2. The molecule has 0 aliphatic carbocycles. The number of aromatic carboxylic acids is 1. The number of rotatable bonds is 11. The number of carboxylic acid groups (broad SMARTS) is 1. The van der Waals surface area contributed by atoms with Gasteiger partial charge in [0.1, 0.15) is 11.7 Å². The van der Waals surface area contributed by atoms with Gasteiger partial charge in [0.2, 0.25) is 5.43 Å². The summed E-state index contributed by atoms with van der Waals surface area (Å²) in [7, 11) is 0. The predicted molar refractivity (Wildman–Crippen MR) is 126 cm³/mol. The Kier molecular flexibility index (Phi) is 8.09. The van der Waals surface area contributed by atoms with Gasteiger partial charge in [-0.3, -0.25) is 9.59 Å². The maximum absolute atomic E-state index is 13.3. The van der Waals surface area contributed by atoms with Crippen LogP contribution in [-0.4, -0.2) is 23.7 Å². The molecule has 0 aliphatic rings. The molecule has 1 aromatic heterocycles. The Balaban J connectivity index is 2.01. The number of benzene rings is 2. The first-order valence-electron chi connectivity index (χ1n) is 11.4. The SMILES string of the molecule is CCCCCCCCOc1cc(C(C)OC(C)=O)cc2c(=O)c3cc(C(=O)O)ccc3oc12. The molecule has 1 N–H and O–H groups in total. The molecule has 7 heteroatoms. The number of ether oxygens (including phenoxy) is 2. The number of unbranched alkanes of at least 4 members (excludes halogenated alkanes) is 5. The third-order valence-corrected chi connectivity index (χ3v) is 5.57. The van der Waals surface area contributed by atoms with Crippen molar-refractivity contribution in [1.82, 2.24) is 0 Å². The van der Waals surface area contributed by atoms with Crippen LogP contribution in [0.3, 0.4) is 0 Å². The van der Waals surface area contributed by atoms with Gasteiger partial charge in [-0.25, -0.2) is 4.79 Å². The molecule has 3 rings (SSSR count). The smallest absolute Gasteiger partial charge is 0.335 e. The Hall–Kier alpha value is -3.35. The van der Waals surface area contributed by atoms with Crippen molar-refractivity contribution in [3.63, 3.8) is 0 Å². The van der Waals surface area contributed by atoms with Gasteiger partial charge in [0, 0.05) is 6.92 Å². The summed E-state index contributed by atoms with van der Waals surface area (Å²) >= 11 is 0. The fourth-order valence-electron chi connectivity index (χ4n) is 3.81. The molecule has 1 heterocycles. The largest absolute Gasteiger partial charge is 0.490 e. The van der Waals surface area contributed by atoms with Crippen molar-refractivity contribution in [1.29, 1.82) is 0 Å². The highest BCUT2D eigenvalue weighted by molar-refractivity contribution is 5.97. The van der Waals surface area contributed by atoms with E-state index < -0.39 is 18.0 Å². The predicted octanol–water partition coefficient (Wildman–Crippen LogP) is 6.01. The van der Waals surface area contributed by atoms with E-state index in [4.69, 9.17) is 13.9 Å². The van der Waals surface area contributed by atoms with Crippen molar-refractivity contribution in [2.75, 3.05) is 6.61 Å². The molecule has 0 radical (unpaired) electrons. The van der Waals surface area contributed by atoms with Crippen molar-refractivity contribution in [3.8, 4) is 5.75 Å². The zero-order valence-corrected chi connectivity index (χ0v) is 19.3. The average molecular weight is 455 g/mol. The Bertz CT molecular complexity index is 1210. The zero-order valence-electron chi connectivity index (χ0n) is 19.3. The van der Waals surface area contributed by atoms with Crippen LogP contribution in [0.25, 0.3) is 21.9 Å². The number of carboxylic acids is 1. The second-order valence-corrected chi connectivity index (χ2v) is 8.21. The molecule has 0 spiro atoms. The lowest BCUT2D eigenvalue weighted by molar-refractivity contribution is -0.145. The van der Waals surface area contributed by atoms with Gasteiger partial charge in [-0.15, -0.1) is 0 Å². The van der Waals surface area contributed by atoms with Gasteiger partial charge in [-0.05, 0) is 49.2 Å². The minimum absolute atomic E-state index is 0.00173. The van der Waals surface area contributed by atoms with Crippen LogP contribution in [0.4, 0.5) is 0 Å². The van der Waals surface area contributed by atoms with Crippen molar-refractivity contribution in [3.05, 3.63) is 51.7 Å². The summed E-state index contributed by atoms with van der Waals surface area (Å²) < 4.78 is 17.3. The molecule has 176 valence electrons. The molecular weight excluding hydrogens is 424 g/mol. The van der Waals surface area contributed by atoms with Crippen LogP contribution < -0.4 is 10.2 Å². The van der Waals surface area contributed by atoms with Crippen molar-refractivity contribution in [2.45, 2.75) is 65.4 Å². The lowest BCUT2D eigenvalue weighted by atomic mass is 10.0. The second-order valence-electron chi connectivity index (χ2n) is 8.21. The van der Waals surface area contributed by atoms with E-state index in [1.54, 1.807) is 19.1 Å². The Morgan fingerprint density at radius 2 is 1.76 bits per heavy atom. The molecule has 1 atom stereocenters. The fourth-order valence-corrected chi connectivity index (χ4v) is 3.81. The molecule has 0 bridgehead atoms. The molecule has 0 fully saturated rings. The maximum atomic E-state index is 13.3. The van der Waals surface area contributed by atoms with Gasteiger partial charge < -0.3 is 19.0 Å². The minimum atomic E-state index is -1.13. The van der Waals surface area contributed by atoms with Crippen molar-refractivity contribution < 1.29 is 28.6 Å². The van der Waals surface area contributed by atoms with Crippen LogP contribution in [0, 0.1) is 0 Å². The van der Waals surface area contributed by atoms with Gasteiger partial charge in [-0.2, -0.15) is 0 Å². The minimum Gasteiger partial charge on any atom is -0.490 e. The summed E-state index contributed by atoms with van der Waals surface area (Å²) in [5.74, 6) is -1.17. The van der Waals surface area contributed by atoms with Gasteiger partial charge in [-0.1, -0.05) is 39.0 Å². The van der Waals surface area contributed by atoms with Crippen molar-refractivity contribution in [2.24, 2.45) is 0 Å². The van der Waals surface area contributed by atoms with Crippen LogP contribution in [0.5, 0.6) is 5.75 Å². The Labute approximate surface area is 192 Å². The summed E-state index contributed by atoms with van der Waals surface area (Å²) in [5.41, 5.74) is 0.800. The number of hydrogen-bond acceptors (Lipinski definition) is 6. The highest BCUT2D eigenvalue weighted by Gasteiger charge is 2.19. The number of carbonyl (C=O) groups excluding carboxylic acids is 1. The molecule has 7 nitrogen and oxygen atoms in total. The highest BCUT2D eigenvalue weighted by atomic mass is 16.5. The number of esters is 1. The molecule has 0 amide bonds. The molecule has 3 aromatic rings. The Morgan fingerprint density at radius 1 is 1.03 bits per heavy atom. The zero-order chi connectivity index (χ0) is 24.0. The topological polar surface area (TPSA) is 103 Å². The summed E-state index contributed by atoms with van der Waals surface area (Å²) in [6, 6.07) is 7.52. The number of hydrogen-bond donors (Lipinski definition) is 1. The van der Waals surface area contributed by atoms with Crippen LogP contribution in [0.1, 0.15) is 81.3 Å². The van der Waals surface area contributed by atoms with Gasteiger partial charge in [0.25, 0.3) is 0 Å². The summed E-state index contributed by atoms with van der Waals surface area (Å²) in [6.45, 7) is 5.68. The van der Waals surface area contributed by atoms with Gasteiger partial charge >= 0.3 is 11.9 Å². The lowest BCUT2D eigenvalue weighted by Crippen LogP contribution is -2.09. The van der Waals surface area contributed by atoms with Crippen LogP contribution in [-0.2, 0) is 9.53 Å². The van der Waals surface area contributed by atoms with Gasteiger partial charge in [0.05, 0.1) is 22.9 Å². The quantitative estimate of drug-likeness (QED) is 0.215. The first-order valence-corrected chi connectivity index (χ1v) is 11.4. The first-order chi connectivity index (χ1) is 15.8. The lowest BCUT2D eigenvalue weighted by Gasteiger charge is -2.16. The molecule has 33 heavy (non-hydrogen) atoms. The molecule has 0 saturated carbocycles. The Morgan fingerprint density at radius 3 is 2.45 bits per heavy atom. The van der Waals surface area contributed by atoms with E-state index in [2.05, 4.69) is 6.92 Å². The normalized spacial score (nSPS) is 12.1. The summed E-state index contributed by atoms with van der Waals surface area (Å²) in [5, 5.41) is 9.70. The van der Waals surface area contributed by atoms with Crippen LogP contribution in [0.2, 0.25) is 0 Å². The van der Waals surface area contributed by atoms with E-state index in [1.807, 2.05) is 0 Å². The molecule has 1 unspecified atom stereocenters. The highest BCUT2D eigenvalue weighted by Crippen LogP contribution is 2.32. The monoisotopic (exact) mass is 454 g/mol. The molecule has 0 saturated heterocycles. The van der Waals surface area contributed by atoms with E-state index in [9.17, 15) is 19.5 Å². The molecule has 0 aliphatic heterocycles. The van der Waals surface area contributed by atoms with E-state index in [0.29, 0.717) is 23.5 Å². The van der Waals surface area contributed by atoms with Crippen LogP contribution in [0.15, 0.2) is 39.5 Å². The maximum Gasteiger partial charge on any atom is 0.335 e. The fraction of sp³-hybridized carbons (Fsp3) is 0.423. The third-order valence-electron chi connectivity index (χ3n) is 5.57. The van der Waals surface area contributed by atoms with E-state index in [1.165, 1.54) is 44.4 Å². The number of fused-ring (bicyclic) bond motifs is 2. The van der Waals surface area contributed by atoms with E-state index >= 15 is 0 Å². The summed E-state index contributed by atoms with van der Waals surface area (Å²) in [6.07, 6.45) is 6.09. The van der Waals surface area contributed by atoms with E-state index in [0.717, 1.165) is 19.3 Å². The molecule has 2 aromatic carbocycles. The second kappa shape index (κ2) is 11.0. The van der Waals surface area contributed by atoms with Crippen molar-refractivity contribution >= 4 is 33.9 Å². The third kappa shape index (κ3) is 5.92. The van der Waals surface area contributed by atoms with E-state index in [-0.39, 0.29) is 27.3 Å².